The first-order chi connectivity index (χ1) is 6.65. The molecule has 84 valence electrons. The molecule has 0 aliphatic rings. The molecule has 0 aromatic carbocycles. The molecule has 0 heterocycles. The Morgan fingerprint density at radius 1 is 1.64 bits per heavy atom. The van der Waals surface area contributed by atoms with Crippen molar-refractivity contribution in [1.82, 2.24) is 5.32 Å². The molecule has 0 aromatic heterocycles. The summed E-state index contributed by atoms with van der Waals surface area (Å²) >= 11 is 7.03. The van der Waals surface area contributed by atoms with E-state index in [-0.39, 0.29) is 23.8 Å². The minimum atomic E-state index is -0.00201. The smallest absolute Gasteiger partial charge is 0.220 e. The van der Waals surface area contributed by atoms with E-state index in [1.54, 1.807) is 11.8 Å². The van der Waals surface area contributed by atoms with Crippen LogP contribution in [0.15, 0.2) is 0 Å². The average molecular weight is 240 g/mol. The number of carbonyl (C=O) groups is 1. The predicted molar refractivity (Wildman–Crippen MR) is 61.9 cm³/mol. The molecule has 0 bridgehead atoms. The zero-order valence-corrected chi connectivity index (χ0v) is 10.2. The van der Waals surface area contributed by atoms with Crippen molar-refractivity contribution < 1.29 is 9.90 Å². The average Bonchev–Trinajstić information content (AvgIpc) is 2.16. The van der Waals surface area contributed by atoms with E-state index in [1.807, 2.05) is 13.2 Å². The number of hydrogen-bond donors (Lipinski definition) is 2. The first-order valence-corrected chi connectivity index (χ1v) is 6.47. The van der Waals surface area contributed by atoms with Gasteiger partial charge < -0.3 is 10.4 Å². The third kappa shape index (κ3) is 5.73. The van der Waals surface area contributed by atoms with Crippen LogP contribution in [-0.2, 0) is 4.79 Å². The molecule has 0 aliphatic carbocycles. The van der Waals surface area contributed by atoms with Gasteiger partial charge in [0, 0.05) is 23.6 Å². The van der Waals surface area contributed by atoms with E-state index in [9.17, 15) is 4.79 Å². The number of carbonyl (C=O) groups excluding carboxylic acids is 1. The molecule has 2 atom stereocenters. The van der Waals surface area contributed by atoms with Gasteiger partial charge in [-0.25, -0.2) is 0 Å². The Bertz CT molecular complexity index is 165. The standard InChI is InChI=1S/C9H18ClNO2S/c1-7(8(6-12)14-2)11-9(13)4-3-5-10/h7-8,12H,3-6H2,1-2H3,(H,11,13). The van der Waals surface area contributed by atoms with Gasteiger partial charge >= 0.3 is 0 Å². The molecule has 0 aromatic rings. The van der Waals surface area contributed by atoms with Gasteiger partial charge in [0.05, 0.1) is 6.61 Å². The molecule has 0 spiro atoms. The number of alkyl halides is 1. The van der Waals surface area contributed by atoms with Crippen molar-refractivity contribution in [3.05, 3.63) is 0 Å². The first-order valence-electron chi connectivity index (χ1n) is 4.64. The molecule has 14 heavy (non-hydrogen) atoms. The highest BCUT2D eigenvalue weighted by atomic mass is 35.5. The predicted octanol–water partition coefficient (Wildman–Crippen LogP) is 1.23. The van der Waals surface area contributed by atoms with Gasteiger partial charge in [0.2, 0.25) is 5.91 Å². The van der Waals surface area contributed by atoms with E-state index >= 15 is 0 Å². The van der Waals surface area contributed by atoms with Gasteiger partial charge in [0.1, 0.15) is 0 Å². The van der Waals surface area contributed by atoms with Crippen LogP contribution in [0, 0.1) is 0 Å². The SMILES string of the molecule is CSC(CO)C(C)NC(=O)CCCCl. The monoisotopic (exact) mass is 239 g/mol. The van der Waals surface area contributed by atoms with Gasteiger partial charge in [0.25, 0.3) is 0 Å². The Morgan fingerprint density at radius 3 is 2.71 bits per heavy atom. The van der Waals surface area contributed by atoms with E-state index < -0.39 is 0 Å². The molecule has 2 N–H and O–H groups in total. The van der Waals surface area contributed by atoms with Crippen molar-refractivity contribution >= 4 is 29.3 Å². The van der Waals surface area contributed by atoms with Gasteiger partial charge in [-0.05, 0) is 19.6 Å². The van der Waals surface area contributed by atoms with Crippen LogP contribution in [0.4, 0.5) is 0 Å². The fourth-order valence-electron chi connectivity index (χ4n) is 1.08. The number of amides is 1. The molecule has 3 nitrogen and oxygen atoms in total. The van der Waals surface area contributed by atoms with E-state index in [4.69, 9.17) is 16.7 Å². The van der Waals surface area contributed by atoms with Crippen molar-refractivity contribution in [3.8, 4) is 0 Å². The van der Waals surface area contributed by atoms with Gasteiger partial charge in [-0.1, -0.05) is 0 Å². The Balaban J connectivity index is 3.79. The lowest BCUT2D eigenvalue weighted by Crippen LogP contribution is -2.41. The van der Waals surface area contributed by atoms with Crippen LogP contribution < -0.4 is 5.32 Å². The van der Waals surface area contributed by atoms with Crippen molar-refractivity contribution in [3.63, 3.8) is 0 Å². The van der Waals surface area contributed by atoms with E-state index in [2.05, 4.69) is 5.32 Å². The van der Waals surface area contributed by atoms with E-state index in [0.29, 0.717) is 18.7 Å². The fourth-order valence-corrected chi connectivity index (χ4v) is 1.84. The molecule has 0 fully saturated rings. The van der Waals surface area contributed by atoms with Crippen LogP contribution in [0.5, 0.6) is 0 Å². The number of aliphatic hydroxyl groups is 1. The molecule has 0 rings (SSSR count). The van der Waals surface area contributed by atoms with Crippen molar-refractivity contribution in [2.45, 2.75) is 31.1 Å². The summed E-state index contributed by atoms with van der Waals surface area (Å²) in [5.41, 5.74) is 0. The number of thioether (sulfide) groups is 1. The molecular formula is C9H18ClNO2S. The number of hydrogen-bond acceptors (Lipinski definition) is 3. The third-order valence-electron chi connectivity index (χ3n) is 1.97. The maximum atomic E-state index is 11.3. The highest BCUT2D eigenvalue weighted by Gasteiger charge is 2.16. The number of aliphatic hydroxyl groups excluding tert-OH is 1. The van der Waals surface area contributed by atoms with Crippen LogP contribution >= 0.6 is 23.4 Å². The van der Waals surface area contributed by atoms with Crippen molar-refractivity contribution in [2.24, 2.45) is 0 Å². The third-order valence-corrected chi connectivity index (χ3v) is 3.40. The van der Waals surface area contributed by atoms with Crippen LogP contribution in [0.25, 0.3) is 0 Å². The molecule has 1 amide bonds. The Morgan fingerprint density at radius 2 is 2.29 bits per heavy atom. The van der Waals surface area contributed by atoms with Crippen molar-refractivity contribution in [1.29, 1.82) is 0 Å². The molecule has 2 unspecified atom stereocenters. The summed E-state index contributed by atoms with van der Waals surface area (Å²) in [5, 5.41) is 11.9. The topological polar surface area (TPSA) is 49.3 Å². The second kappa shape index (κ2) is 8.38. The van der Waals surface area contributed by atoms with Crippen LogP contribution in [-0.4, -0.2) is 41.0 Å². The zero-order chi connectivity index (χ0) is 11.0. The molecule has 0 radical (unpaired) electrons. The lowest BCUT2D eigenvalue weighted by Gasteiger charge is -2.21. The summed E-state index contributed by atoms with van der Waals surface area (Å²) in [6.45, 7) is 1.98. The highest BCUT2D eigenvalue weighted by Crippen LogP contribution is 2.10. The zero-order valence-electron chi connectivity index (χ0n) is 8.62. The normalized spacial score (nSPS) is 14.9. The number of nitrogens with one attached hydrogen (secondary N) is 1. The molecule has 0 aliphatic heterocycles. The minimum Gasteiger partial charge on any atom is -0.395 e. The lowest BCUT2D eigenvalue weighted by molar-refractivity contribution is -0.121. The summed E-state index contributed by atoms with van der Waals surface area (Å²) in [4.78, 5) is 11.3. The first kappa shape index (κ1) is 14.1. The highest BCUT2D eigenvalue weighted by molar-refractivity contribution is 7.99. The Labute approximate surface area is 94.6 Å². The maximum absolute atomic E-state index is 11.3. The molecule has 0 saturated carbocycles. The summed E-state index contributed by atoms with van der Waals surface area (Å²) in [6, 6.07) is -0.00201. The van der Waals surface area contributed by atoms with Crippen LogP contribution in [0.3, 0.4) is 0 Å². The minimum absolute atomic E-state index is 0.00201. The quantitative estimate of drug-likeness (QED) is 0.658. The summed E-state index contributed by atoms with van der Waals surface area (Å²) in [7, 11) is 0. The largest absolute Gasteiger partial charge is 0.395 e. The van der Waals surface area contributed by atoms with Crippen LogP contribution in [0.2, 0.25) is 0 Å². The Kier molecular flexibility index (Phi) is 8.43. The van der Waals surface area contributed by atoms with Crippen LogP contribution in [0.1, 0.15) is 19.8 Å². The van der Waals surface area contributed by atoms with Gasteiger partial charge in [-0.15, -0.1) is 11.6 Å². The second-order valence-electron chi connectivity index (χ2n) is 3.11. The van der Waals surface area contributed by atoms with E-state index in [1.165, 1.54) is 0 Å². The molecule has 0 saturated heterocycles. The van der Waals surface area contributed by atoms with Crippen molar-refractivity contribution in [2.75, 3.05) is 18.7 Å². The lowest BCUT2D eigenvalue weighted by atomic mass is 10.2. The Hall–Kier alpha value is 0.0700. The van der Waals surface area contributed by atoms with Gasteiger partial charge in [-0.3, -0.25) is 4.79 Å². The second-order valence-corrected chi connectivity index (χ2v) is 4.56. The maximum Gasteiger partial charge on any atom is 0.220 e. The molecular weight excluding hydrogens is 222 g/mol. The number of rotatable bonds is 7. The van der Waals surface area contributed by atoms with Gasteiger partial charge in [0.15, 0.2) is 0 Å². The van der Waals surface area contributed by atoms with Gasteiger partial charge in [-0.2, -0.15) is 11.8 Å². The number of halogens is 1. The summed E-state index contributed by atoms with van der Waals surface area (Å²) in [6.07, 6.45) is 3.08. The summed E-state index contributed by atoms with van der Waals surface area (Å²) in [5.74, 6) is 0.513. The molecule has 5 heteroatoms. The van der Waals surface area contributed by atoms with E-state index in [0.717, 1.165) is 0 Å². The fraction of sp³-hybridized carbons (Fsp3) is 0.889. The summed E-state index contributed by atoms with van der Waals surface area (Å²) < 4.78 is 0.